The number of allylic oxidation sites excluding steroid dienone is 3. The minimum absolute atomic E-state index is 0.0760. The number of rotatable bonds is 29. The van der Waals surface area contributed by atoms with Gasteiger partial charge in [-0.15, -0.1) is 0 Å². The van der Waals surface area contributed by atoms with Gasteiger partial charge in [0.1, 0.15) is 0 Å². The molecule has 0 saturated heterocycles. The molecule has 1 amide bonds. The first-order valence-electron chi connectivity index (χ1n) is 16.6. The van der Waals surface area contributed by atoms with E-state index in [2.05, 4.69) is 31.3 Å². The molecule has 0 aliphatic rings. The largest absolute Gasteiger partial charge is 0.394 e. The molecule has 0 aromatic rings. The zero-order chi connectivity index (χ0) is 27.9. The number of unbranched alkanes of at least 4 members (excludes halogenated alkanes) is 20. The summed E-state index contributed by atoms with van der Waals surface area (Å²) in [7, 11) is 0. The standard InChI is InChI=1S/C34H65NO3/c1-3-5-7-9-11-13-15-17-19-21-23-25-27-29-33(37)32(31-36)35-34(38)30-28-26-24-22-20-18-16-14-12-10-8-6-4-2/h19,21,27,29,32-33,36-37H,3-18,20,22-26,28,30-31H2,1-2H3,(H,35,38)/b21-19+,29-27+. The van der Waals surface area contributed by atoms with Crippen molar-refractivity contribution in [2.75, 3.05) is 6.61 Å². The van der Waals surface area contributed by atoms with Gasteiger partial charge in [-0.3, -0.25) is 4.79 Å². The van der Waals surface area contributed by atoms with Crippen molar-refractivity contribution in [3.8, 4) is 0 Å². The molecule has 2 atom stereocenters. The van der Waals surface area contributed by atoms with Gasteiger partial charge >= 0.3 is 0 Å². The van der Waals surface area contributed by atoms with E-state index in [0.29, 0.717) is 6.42 Å². The highest BCUT2D eigenvalue weighted by atomic mass is 16.3. The Morgan fingerprint density at radius 3 is 1.53 bits per heavy atom. The summed E-state index contributed by atoms with van der Waals surface area (Å²) in [5.41, 5.74) is 0. The van der Waals surface area contributed by atoms with Crippen LogP contribution in [0.2, 0.25) is 0 Å². The zero-order valence-corrected chi connectivity index (χ0v) is 25.4. The summed E-state index contributed by atoms with van der Waals surface area (Å²) in [6, 6.07) is -0.631. The molecular weight excluding hydrogens is 470 g/mol. The Morgan fingerprint density at radius 2 is 1.03 bits per heavy atom. The molecule has 2 unspecified atom stereocenters. The summed E-state index contributed by atoms with van der Waals surface area (Å²) in [4.78, 5) is 12.2. The van der Waals surface area contributed by atoms with E-state index in [9.17, 15) is 15.0 Å². The molecule has 0 rings (SSSR count). The lowest BCUT2D eigenvalue weighted by molar-refractivity contribution is -0.123. The maximum Gasteiger partial charge on any atom is 0.220 e. The third kappa shape index (κ3) is 26.5. The van der Waals surface area contributed by atoms with Crippen LogP contribution in [-0.4, -0.2) is 34.9 Å². The molecule has 4 nitrogen and oxygen atoms in total. The third-order valence-corrected chi connectivity index (χ3v) is 7.44. The summed E-state index contributed by atoms with van der Waals surface area (Å²) < 4.78 is 0. The van der Waals surface area contributed by atoms with E-state index < -0.39 is 12.1 Å². The van der Waals surface area contributed by atoms with E-state index in [0.717, 1.165) is 32.1 Å². The third-order valence-electron chi connectivity index (χ3n) is 7.44. The number of nitrogens with one attached hydrogen (secondary N) is 1. The topological polar surface area (TPSA) is 69.6 Å². The minimum Gasteiger partial charge on any atom is -0.394 e. The second-order valence-electron chi connectivity index (χ2n) is 11.2. The van der Waals surface area contributed by atoms with Gasteiger partial charge in [0.25, 0.3) is 0 Å². The van der Waals surface area contributed by atoms with Crippen LogP contribution in [0.1, 0.15) is 168 Å². The van der Waals surface area contributed by atoms with Gasteiger partial charge in [0, 0.05) is 6.42 Å². The van der Waals surface area contributed by atoms with E-state index in [1.54, 1.807) is 6.08 Å². The van der Waals surface area contributed by atoms with Gasteiger partial charge in [0.2, 0.25) is 5.91 Å². The fourth-order valence-corrected chi connectivity index (χ4v) is 4.84. The Balaban J connectivity index is 3.70. The molecule has 0 aliphatic carbocycles. The van der Waals surface area contributed by atoms with Gasteiger partial charge in [-0.2, -0.15) is 0 Å². The maximum absolute atomic E-state index is 12.2. The van der Waals surface area contributed by atoms with Gasteiger partial charge in [-0.1, -0.05) is 154 Å². The van der Waals surface area contributed by atoms with Crippen LogP contribution in [0.15, 0.2) is 24.3 Å². The molecule has 224 valence electrons. The SMILES string of the molecule is CCCCCCCCC/C=C/CC/C=C/C(O)C(CO)NC(=O)CCCCCCCCCCCCCCC. The van der Waals surface area contributed by atoms with E-state index >= 15 is 0 Å². The van der Waals surface area contributed by atoms with Crippen LogP contribution in [0.3, 0.4) is 0 Å². The molecule has 38 heavy (non-hydrogen) atoms. The molecular formula is C34H65NO3. The highest BCUT2D eigenvalue weighted by Gasteiger charge is 2.17. The van der Waals surface area contributed by atoms with Crippen molar-refractivity contribution in [3.63, 3.8) is 0 Å². The lowest BCUT2D eigenvalue weighted by atomic mass is 10.0. The van der Waals surface area contributed by atoms with E-state index in [4.69, 9.17) is 0 Å². The van der Waals surface area contributed by atoms with Crippen LogP contribution in [0, 0.1) is 0 Å². The molecule has 0 aliphatic heterocycles. The van der Waals surface area contributed by atoms with Crippen molar-refractivity contribution in [1.82, 2.24) is 5.32 Å². The average Bonchev–Trinajstić information content (AvgIpc) is 2.92. The van der Waals surface area contributed by atoms with Gasteiger partial charge < -0.3 is 15.5 Å². The molecule has 0 bridgehead atoms. The molecule has 0 aromatic heterocycles. The van der Waals surface area contributed by atoms with Crippen molar-refractivity contribution in [1.29, 1.82) is 0 Å². The van der Waals surface area contributed by atoms with E-state index in [1.165, 1.54) is 116 Å². The van der Waals surface area contributed by atoms with Crippen molar-refractivity contribution in [2.45, 2.75) is 180 Å². The highest BCUT2D eigenvalue weighted by molar-refractivity contribution is 5.76. The first kappa shape index (κ1) is 36.9. The average molecular weight is 536 g/mol. The van der Waals surface area contributed by atoms with Gasteiger partial charge in [0.15, 0.2) is 0 Å². The zero-order valence-electron chi connectivity index (χ0n) is 25.4. The summed E-state index contributed by atoms with van der Waals surface area (Å²) in [5.74, 6) is -0.0760. The molecule has 0 fully saturated rings. The first-order chi connectivity index (χ1) is 18.7. The Labute approximate surface area is 237 Å². The van der Waals surface area contributed by atoms with Crippen molar-refractivity contribution < 1.29 is 15.0 Å². The van der Waals surface area contributed by atoms with Crippen LogP contribution in [-0.2, 0) is 4.79 Å². The van der Waals surface area contributed by atoms with Crippen molar-refractivity contribution in [2.24, 2.45) is 0 Å². The molecule has 4 heteroatoms. The quantitative estimate of drug-likeness (QED) is 0.0660. The Hall–Kier alpha value is -1.13. The van der Waals surface area contributed by atoms with Crippen LogP contribution in [0.5, 0.6) is 0 Å². The van der Waals surface area contributed by atoms with Gasteiger partial charge in [-0.05, 0) is 32.1 Å². The lowest BCUT2D eigenvalue weighted by Crippen LogP contribution is -2.45. The maximum atomic E-state index is 12.2. The summed E-state index contributed by atoms with van der Waals surface area (Å²) in [6.45, 7) is 4.26. The second kappa shape index (κ2) is 30.4. The molecule has 0 saturated carbocycles. The molecule has 3 N–H and O–H groups in total. The Morgan fingerprint density at radius 1 is 0.605 bits per heavy atom. The number of carbonyl (C=O) groups is 1. The van der Waals surface area contributed by atoms with Gasteiger partial charge in [-0.25, -0.2) is 0 Å². The monoisotopic (exact) mass is 535 g/mol. The van der Waals surface area contributed by atoms with E-state index in [-0.39, 0.29) is 12.5 Å². The number of aliphatic hydroxyl groups is 2. The normalized spacial score (nSPS) is 13.5. The number of hydrogen-bond acceptors (Lipinski definition) is 3. The number of carbonyl (C=O) groups excluding carboxylic acids is 1. The molecule has 0 aromatic carbocycles. The fourth-order valence-electron chi connectivity index (χ4n) is 4.84. The predicted octanol–water partition coefficient (Wildman–Crippen LogP) is 9.34. The van der Waals surface area contributed by atoms with Crippen molar-refractivity contribution >= 4 is 5.91 Å². The Bertz CT molecular complexity index is 546. The first-order valence-corrected chi connectivity index (χ1v) is 16.6. The number of hydrogen-bond donors (Lipinski definition) is 3. The van der Waals surface area contributed by atoms with Crippen molar-refractivity contribution in [3.05, 3.63) is 24.3 Å². The van der Waals surface area contributed by atoms with E-state index in [1.807, 2.05) is 6.08 Å². The lowest BCUT2D eigenvalue weighted by Gasteiger charge is -2.19. The smallest absolute Gasteiger partial charge is 0.220 e. The predicted molar refractivity (Wildman–Crippen MR) is 165 cm³/mol. The molecule has 0 heterocycles. The fraction of sp³-hybridized carbons (Fsp3) is 0.853. The number of aliphatic hydroxyl groups excluding tert-OH is 2. The van der Waals surface area contributed by atoms with Gasteiger partial charge in [0.05, 0.1) is 18.8 Å². The second-order valence-corrected chi connectivity index (χ2v) is 11.2. The number of amides is 1. The summed E-state index contributed by atoms with van der Waals surface area (Å²) in [5, 5.41) is 22.8. The molecule has 0 radical (unpaired) electrons. The summed E-state index contributed by atoms with van der Waals surface area (Å²) in [6.07, 6.45) is 36.8. The van der Waals surface area contributed by atoms with Crippen LogP contribution in [0.4, 0.5) is 0 Å². The summed E-state index contributed by atoms with van der Waals surface area (Å²) >= 11 is 0. The highest BCUT2D eigenvalue weighted by Crippen LogP contribution is 2.13. The van der Waals surface area contributed by atoms with Crippen LogP contribution < -0.4 is 5.32 Å². The van der Waals surface area contributed by atoms with Crippen LogP contribution in [0.25, 0.3) is 0 Å². The van der Waals surface area contributed by atoms with Crippen LogP contribution >= 0.6 is 0 Å². The Kier molecular flexibility index (Phi) is 29.5. The molecule has 0 spiro atoms. The minimum atomic E-state index is -0.854.